The number of aromatic nitrogens is 1. The molecule has 1 N–H and O–H groups in total. The lowest BCUT2D eigenvalue weighted by Crippen LogP contribution is -2.39. The lowest BCUT2D eigenvalue weighted by atomic mass is 9.75. The second-order valence-corrected chi connectivity index (χ2v) is 6.99. The number of likely N-dealkylation sites (N-methyl/N-ethyl adjacent to an activating group) is 1. The maximum Gasteiger partial charge on any atom is 0.0940 e. The number of nitrogens with one attached hydrogen (secondary N) is 1. The van der Waals surface area contributed by atoms with Gasteiger partial charge in [-0.05, 0) is 32.4 Å². The molecule has 21 heavy (non-hydrogen) atoms. The molecule has 1 atom stereocenters. The fourth-order valence-corrected chi connectivity index (χ4v) is 3.86. The first kappa shape index (κ1) is 16.2. The lowest BCUT2D eigenvalue weighted by molar-refractivity contribution is 0.381. The van der Waals surface area contributed by atoms with Crippen LogP contribution in [0.2, 0.25) is 0 Å². The second-order valence-electron chi connectivity index (χ2n) is 5.71. The Morgan fingerprint density at radius 2 is 1.86 bits per heavy atom. The van der Waals surface area contributed by atoms with Gasteiger partial charge in [0.2, 0.25) is 0 Å². The molecular weight excluding hydrogens is 276 g/mol. The number of hydrogen-bond donors (Lipinski definition) is 1. The summed E-state index contributed by atoms with van der Waals surface area (Å²) in [5, 5.41) is 4.82. The zero-order valence-electron chi connectivity index (χ0n) is 13.6. The summed E-state index contributed by atoms with van der Waals surface area (Å²) in [6.45, 7) is 10.7. The van der Waals surface area contributed by atoms with Crippen molar-refractivity contribution in [3.63, 3.8) is 0 Å². The minimum atomic E-state index is 0.133. The molecule has 1 unspecified atom stereocenters. The van der Waals surface area contributed by atoms with Gasteiger partial charge in [0.1, 0.15) is 0 Å². The molecule has 0 amide bonds. The average Bonchev–Trinajstić information content (AvgIpc) is 2.82. The van der Waals surface area contributed by atoms with Gasteiger partial charge < -0.3 is 5.32 Å². The summed E-state index contributed by atoms with van der Waals surface area (Å²) >= 11 is 1.85. The number of nitrogens with zero attached hydrogens (tertiary/aromatic N) is 1. The third kappa shape index (κ3) is 3.72. The van der Waals surface area contributed by atoms with E-state index in [-0.39, 0.29) is 5.41 Å². The SMILES string of the molecule is CCNCC(CC)(Cc1nc(C)c(C)s1)c1ccccc1. The van der Waals surface area contributed by atoms with Crippen LogP contribution in [0, 0.1) is 13.8 Å². The van der Waals surface area contributed by atoms with Crippen LogP contribution < -0.4 is 5.32 Å². The molecule has 0 saturated heterocycles. The Bertz CT molecular complexity index is 542. The Morgan fingerprint density at radius 3 is 2.38 bits per heavy atom. The van der Waals surface area contributed by atoms with Crippen molar-refractivity contribution in [2.24, 2.45) is 0 Å². The van der Waals surface area contributed by atoms with Crippen LogP contribution in [0.3, 0.4) is 0 Å². The van der Waals surface area contributed by atoms with E-state index in [1.165, 1.54) is 21.1 Å². The van der Waals surface area contributed by atoms with Crippen molar-refractivity contribution >= 4 is 11.3 Å². The number of benzene rings is 1. The number of aryl methyl sites for hydroxylation is 2. The van der Waals surface area contributed by atoms with E-state index in [1.807, 2.05) is 11.3 Å². The van der Waals surface area contributed by atoms with Gasteiger partial charge in [-0.1, -0.05) is 44.2 Å². The van der Waals surface area contributed by atoms with Crippen LogP contribution in [0.25, 0.3) is 0 Å². The van der Waals surface area contributed by atoms with E-state index in [1.54, 1.807) is 0 Å². The third-order valence-corrected chi connectivity index (χ3v) is 5.41. The van der Waals surface area contributed by atoms with E-state index in [2.05, 4.69) is 63.3 Å². The molecule has 1 aromatic heterocycles. The van der Waals surface area contributed by atoms with Crippen LogP contribution >= 0.6 is 11.3 Å². The van der Waals surface area contributed by atoms with Gasteiger partial charge in [-0.3, -0.25) is 0 Å². The van der Waals surface area contributed by atoms with Gasteiger partial charge in [-0.25, -0.2) is 4.98 Å². The Labute approximate surface area is 132 Å². The Kier molecular flexibility index (Phi) is 5.54. The molecule has 2 aromatic rings. The topological polar surface area (TPSA) is 24.9 Å². The van der Waals surface area contributed by atoms with E-state index in [0.29, 0.717) is 0 Å². The summed E-state index contributed by atoms with van der Waals surface area (Å²) < 4.78 is 0. The van der Waals surface area contributed by atoms with E-state index < -0.39 is 0 Å². The first-order valence-corrected chi connectivity index (χ1v) is 8.62. The van der Waals surface area contributed by atoms with Gasteiger partial charge >= 0.3 is 0 Å². The molecule has 1 heterocycles. The van der Waals surface area contributed by atoms with Crippen LogP contribution in [0.5, 0.6) is 0 Å². The highest BCUT2D eigenvalue weighted by Gasteiger charge is 2.31. The minimum absolute atomic E-state index is 0.133. The maximum absolute atomic E-state index is 4.77. The smallest absolute Gasteiger partial charge is 0.0940 e. The molecule has 0 radical (unpaired) electrons. The summed E-state index contributed by atoms with van der Waals surface area (Å²) in [5.41, 5.74) is 2.73. The molecule has 114 valence electrons. The van der Waals surface area contributed by atoms with Crippen molar-refractivity contribution in [1.82, 2.24) is 10.3 Å². The Hall–Kier alpha value is -1.19. The second kappa shape index (κ2) is 7.19. The highest BCUT2D eigenvalue weighted by molar-refractivity contribution is 7.11. The Morgan fingerprint density at radius 1 is 1.14 bits per heavy atom. The van der Waals surface area contributed by atoms with E-state index >= 15 is 0 Å². The molecule has 0 saturated carbocycles. The monoisotopic (exact) mass is 302 g/mol. The molecule has 0 spiro atoms. The number of hydrogen-bond acceptors (Lipinski definition) is 3. The van der Waals surface area contributed by atoms with Gasteiger partial charge in [0, 0.05) is 23.3 Å². The van der Waals surface area contributed by atoms with Crippen molar-refractivity contribution in [3.05, 3.63) is 51.5 Å². The number of thiazole rings is 1. The van der Waals surface area contributed by atoms with Gasteiger partial charge in [0.15, 0.2) is 0 Å². The van der Waals surface area contributed by atoms with Gasteiger partial charge in [-0.15, -0.1) is 11.3 Å². The van der Waals surface area contributed by atoms with Crippen molar-refractivity contribution in [3.8, 4) is 0 Å². The average molecular weight is 302 g/mol. The van der Waals surface area contributed by atoms with E-state index in [0.717, 1.165) is 25.9 Å². The molecule has 1 aromatic carbocycles. The van der Waals surface area contributed by atoms with Crippen molar-refractivity contribution in [2.45, 2.75) is 46.0 Å². The molecule has 2 nitrogen and oxygen atoms in total. The fourth-order valence-electron chi connectivity index (χ4n) is 2.78. The summed E-state index contributed by atoms with van der Waals surface area (Å²) in [4.78, 5) is 6.11. The van der Waals surface area contributed by atoms with Gasteiger partial charge in [0.25, 0.3) is 0 Å². The standard InChI is InChI=1S/C18H26N2S/c1-5-18(13-19-6-2,16-10-8-7-9-11-16)12-17-20-14(3)15(4)21-17/h7-11,19H,5-6,12-13H2,1-4H3. The highest BCUT2D eigenvalue weighted by Crippen LogP contribution is 2.33. The van der Waals surface area contributed by atoms with Crippen LogP contribution in [0.4, 0.5) is 0 Å². The van der Waals surface area contributed by atoms with Crippen LogP contribution in [0.15, 0.2) is 30.3 Å². The molecule has 3 heteroatoms. The summed E-state index contributed by atoms with van der Waals surface area (Å²) in [5.74, 6) is 0. The zero-order valence-corrected chi connectivity index (χ0v) is 14.4. The molecule has 2 rings (SSSR count). The van der Waals surface area contributed by atoms with E-state index in [4.69, 9.17) is 4.98 Å². The molecule has 0 bridgehead atoms. The maximum atomic E-state index is 4.77. The molecule has 0 aliphatic rings. The van der Waals surface area contributed by atoms with Gasteiger partial charge in [0.05, 0.1) is 10.7 Å². The van der Waals surface area contributed by atoms with Crippen molar-refractivity contribution in [1.29, 1.82) is 0 Å². The van der Waals surface area contributed by atoms with Crippen LogP contribution in [-0.4, -0.2) is 18.1 Å². The molecule has 0 fully saturated rings. The predicted octanol–water partition coefficient (Wildman–Crippen LogP) is 4.26. The van der Waals surface area contributed by atoms with Gasteiger partial charge in [-0.2, -0.15) is 0 Å². The fraction of sp³-hybridized carbons (Fsp3) is 0.500. The van der Waals surface area contributed by atoms with Crippen molar-refractivity contribution < 1.29 is 0 Å². The molecule has 0 aliphatic carbocycles. The highest BCUT2D eigenvalue weighted by atomic mass is 32.1. The van der Waals surface area contributed by atoms with Crippen molar-refractivity contribution in [2.75, 3.05) is 13.1 Å². The predicted molar refractivity (Wildman–Crippen MR) is 92.2 cm³/mol. The minimum Gasteiger partial charge on any atom is -0.316 e. The molecule has 0 aliphatic heterocycles. The third-order valence-electron chi connectivity index (χ3n) is 4.34. The Balaban J connectivity index is 2.34. The summed E-state index contributed by atoms with van der Waals surface area (Å²) in [6, 6.07) is 10.9. The quantitative estimate of drug-likeness (QED) is 0.826. The first-order valence-electron chi connectivity index (χ1n) is 7.80. The van der Waals surface area contributed by atoms with Crippen LogP contribution in [-0.2, 0) is 11.8 Å². The normalized spacial score (nSPS) is 14.1. The largest absolute Gasteiger partial charge is 0.316 e. The lowest BCUT2D eigenvalue weighted by Gasteiger charge is -2.33. The van der Waals surface area contributed by atoms with Crippen LogP contribution in [0.1, 0.15) is 41.4 Å². The zero-order chi connectivity index (χ0) is 15.3. The first-order chi connectivity index (χ1) is 10.1. The molecular formula is C18H26N2S. The summed E-state index contributed by atoms with van der Waals surface area (Å²) in [6.07, 6.45) is 2.13. The van der Waals surface area contributed by atoms with E-state index in [9.17, 15) is 0 Å². The summed E-state index contributed by atoms with van der Waals surface area (Å²) in [7, 11) is 0. The number of rotatable bonds is 7.